The molecule has 0 radical (unpaired) electrons. The molecule has 6 nitrogen and oxygen atoms in total. The third-order valence-corrected chi connectivity index (χ3v) is 5.75. The van der Waals surface area contributed by atoms with Crippen LogP contribution in [0.1, 0.15) is 18.4 Å². The van der Waals surface area contributed by atoms with Crippen LogP contribution in [-0.2, 0) is 4.79 Å². The molecule has 29 heavy (non-hydrogen) atoms. The van der Waals surface area contributed by atoms with Crippen molar-refractivity contribution >= 4 is 46.6 Å². The number of carbonyl (C=O) groups is 1. The molecule has 1 amide bonds. The number of benzene rings is 2. The largest absolute Gasteiger partial charge is 0.308 e. The maximum absolute atomic E-state index is 12.6. The molecule has 1 aliphatic rings. The first-order chi connectivity index (χ1) is 13.5. The summed E-state index contributed by atoms with van der Waals surface area (Å²) in [6, 6.07) is 13.5. The second-order valence-corrected chi connectivity index (χ2v) is 7.82. The Hall–Kier alpha value is -2.59. The third kappa shape index (κ3) is 4.08. The maximum Gasteiger partial charge on any atom is 0.228 e. The summed E-state index contributed by atoms with van der Waals surface area (Å²) < 4.78 is 0. The number of rotatable bonds is 4. The highest BCUT2D eigenvalue weighted by Gasteiger charge is 2.35. The van der Waals surface area contributed by atoms with Gasteiger partial charge in [0, 0.05) is 27.9 Å². The van der Waals surface area contributed by atoms with Gasteiger partial charge in [0.2, 0.25) is 5.91 Å². The predicted molar refractivity (Wildman–Crippen MR) is 117 cm³/mol. The molecule has 1 aromatic heterocycles. The highest BCUT2D eigenvalue weighted by atomic mass is 35.5. The molecule has 2 N–H and O–H groups in total. The molecule has 1 saturated carbocycles. The summed E-state index contributed by atoms with van der Waals surface area (Å²) in [5, 5.41) is 20.7. The van der Waals surface area contributed by atoms with Crippen molar-refractivity contribution in [2.45, 2.75) is 18.9 Å². The van der Waals surface area contributed by atoms with Crippen molar-refractivity contribution in [1.82, 2.24) is 15.1 Å². The second-order valence-electron chi connectivity index (χ2n) is 7.41. The summed E-state index contributed by atoms with van der Waals surface area (Å²) in [7, 11) is 4.07. The molecular weight excluding hydrogens is 409 g/mol. The number of nitriles is 1. The van der Waals surface area contributed by atoms with Crippen LogP contribution in [0.4, 0.5) is 5.82 Å². The van der Waals surface area contributed by atoms with Gasteiger partial charge in [-0.25, -0.2) is 0 Å². The van der Waals surface area contributed by atoms with Crippen molar-refractivity contribution in [2.75, 3.05) is 19.4 Å². The Balaban J connectivity index is 0.00000240. The molecule has 0 bridgehead atoms. The summed E-state index contributed by atoms with van der Waals surface area (Å²) >= 11 is 6.34. The monoisotopic (exact) mass is 429 g/mol. The number of hydrogen-bond acceptors (Lipinski definition) is 4. The van der Waals surface area contributed by atoms with Gasteiger partial charge in [0.25, 0.3) is 0 Å². The smallest absolute Gasteiger partial charge is 0.228 e. The minimum Gasteiger partial charge on any atom is -0.308 e. The molecule has 1 fully saturated rings. The fourth-order valence-corrected chi connectivity index (χ4v) is 3.76. The van der Waals surface area contributed by atoms with Crippen LogP contribution in [-0.4, -0.2) is 41.1 Å². The average Bonchev–Trinajstić information content (AvgIpc) is 3.02. The van der Waals surface area contributed by atoms with Crippen LogP contribution in [0.2, 0.25) is 5.02 Å². The van der Waals surface area contributed by atoms with Crippen LogP contribution in [0.5, 0.6) is 0 Å². The Morgan fingerprint density at radius 2 is 2.03 bits per heavy atom. The summed E-state index contributed by atoms with van der Waals surface area (Å²) in [5.41, 5.74) is 3.00. The van der Waals surface area contributed by atoms with Crippen molar-refractivity contribution in [3.05, 3.63) is 47.0 Å². The molecular formula is C21H21Cl2N5O. The fourth-order valence-electron chi connectivity index (χ4n) is 3.54. The van der Waals surface area contributed by atoms with Crippen molar-refractivity contribution in [2.24, 2.45) is 5.92 Å². The van der Waals surface area contributed by atoms with E-state index in [1.807, 2.05) is 32.3 Å². The molecule has 0 atom stereocenters. The lowest BCUT2D eigenvalue weighted by Gasteiger charge is -2.38. The molecule has 150 valence electrons. The average molecular weight is 430 g/mol. The van der Waals surface area contributed by atoms with Gasteiger partial charge >= 0.3 is 0 Å². The molecule has 8 heteroatoms. The van der Waals surface area contributed by atoms with Crippen LogP contribution < -0.4 is 5.32 Å². The minimum atomic E-state index is 0. The molecule has 1 aliphatic carbocycles. The Kier molecular flexibility index (Phi) is 6.13. The zero-order valence-electron chi connectivity index (χ0n) is 16.1. The van der Waals surface area contributed by atoms with E-state index in [9.17, 15) is 4.79 Å². The number of anilines is 1. The third-order valence-electron chi connectivity index (χ3n) is 5.43. The SMILES string of the molecule is CN(C)C1CC(C(=O)Nc2n[nH]c3ccc(-c4cc(C#N)ccc4Cl)cc23)C1.Cl. The number of amides is 1. The Morgan fingerprint density at radius 1 is 1.28 bits per heavy atom. The Labute approximate surface area is 180 Å². The summed E-state index contributed by atoms with van der Waals surface area (Å²) in [5.74, 6) is 0.535. The first-order valence-corrected chi connectivity index (χ1v) is 9.49. The lowest BCUT2D eigenvalue weighted by molar-refractivity contribution is -0.124. The molecule has 0 saturated heterocycles. The van der Waals surface area contributed by atoms with Gasteiger partial charge in [0.1, 0.15) is 0 Å². The first kappa shape index (κ1) is 21.1. The van der Waals surface area contributed by atoms with Gasteiger partial charge in [-0.3, -0.25) is 9.89 Å². The van der Waals surface area contributed by atoms with Crippen LogP contribution in [0.15, 0.2) is 36.4 Å². The quantitative estimate of drug-likeness (QED) is 0.640. The van der Waals surface area contributed by atoms with Crippen molar-refractivity contribution in [3.63, 3.8) is 0 Å². The number of halogens is 2. The maximum atomic E-state index is 12.6. The van der Waals surface area contributed by atoms with Crippen LogP contribution in [0.3, 0.4) is 0 Å². The topological polar surface area (TPSA) is 84.8 Å². The minimum absolute atomic E-state index is 0. The van der Waals surface area contributed by atoms with E-state index in [-0.39, 0.29) is 24.2 Å². The van der Waals surface area contributed by atoms with Gasteiger partial charge in [-0.05, 0) is 62.8 Å². The highest BCUT2D eigenvalue weighted by Crippen LogP contribution is 2.34. The number of H-pyrrole nitrogens is 1. The van der Waals surface area contributed by atoms with Crippen molar-refractivity contribution in [1.29, 1.82) is 5.26 Å². The zero-order valence-corrected chi connectivity index (χ0v) is 17.6. The first-order valence-electron chi connectivity index (χ1n) is 9.11. The van der Waals surface area contributed by atoms with E-state index in [1.54, 1.807) is 18.2 Å². The number of hydrogen-bond donors (Lipinski definition) is 2. The standard InChI is InChI=1S/C21H20ClN5O.ClH/c1-27(2)15-8-14(9-15)21(28)24-20-17-10-13(4-6-19(17)25-26-20)16-7-12(11-23)3-5-18(16)22;/h3-7,10,14-15H,8-9H2,1-2H3,(H2,24,25,26,28);1H. The molecule has 2 aromatic carbocycles. The van der Waals surface area contributed by atoms with Gasteiger partial charge in [-0.2, -0.15) is 10.4 Å². The molecule has 3 aromatic rings. The van der Waals surface area contributed by atoms with Crippen LogP contribution in [0.25, 0.3) is 22.0 Å². The zero-order chi connectivity index (χ0) is 19.8. The van der Waals surface area contributed by atoms with Crippen molar-refractivity contribution in [3.8, 4) is 17.2 Å². The van der Waals surface area contributed by atoms with E-state index in [0.29, 0.717) is 22.4 Å². The Morgan fingerprint density at radius 3 is 2.72 bits per heavy atom. The number of carbonyl (C=O) groups excluding carboxylic acids is 1. The van der Waals surface area contributed by atoms with Gasteiger partial charge in [-0.15, -0.1) is 12.4 Å². The van der Waals surface area contributed by atoms with Gasteiger partial charge in [0.05, 0.1) is 17.1 Å². The molecule has 4 rings (SSSR count). The molecule has 0 spiro atoms. The lowest BCUT2D eigenvalue weighted by Crippen LogP contribution is -2.45. The number of nitrogens with zero attached hydrogens (tertiary/aromatic N) is 3. The Bertz CT molecular complexity index is 1100. The molecule has 0 aliphatic heterocycles. The summed E-state index contributed by atoms with van der Waals surface area (Å²) in [6.07, 6.45) is 1.73. The molecule has 1 heterocycles. The number of fused-ring (bicyclic) bond motifs is 1. The summed E-state index contributed by atoms with van der Waals surface area (Å²) in [4.78, 5) is 14.7. The van der Waals surface area contributed by atoms with E-state index in [1.165, 1.54) is 0 Å². The van der Waals surface area contributed by atoms with E-state index >= 15 is 0 Å². The van der Waals surface area contributed by atoms with Gasteiger partial charge in [-0.1, -0.05) is 17.7 Å². The van der Waals surface area contributed by atoms with E-state index in [4.69, 9.17) is 16.9 Å². The normalized spacial score (nSPS) is 18.0. The highest BCUT2D eigenvalue weighted by molar-refractivity contribution is 6.33. The van der Waals surface area contributed by atoms with Gasteiger partial charge in [0.15, 0.2) is 5.82 Å². The number of nitrogens with one attached hydrogen (secondary N) is 2. The number of aromatic amines is 1. The number of aromatic nitrogens is 2. The van der Waals surface area contributed by atoms with E-state index < -0.39 is 0 Å². The van der Waals surface area contributed by atoms with E-state index in [0.717, 1.165) is 34.9 Å². The second kappa shape index (κ2) is 8.42. The van der Waals surface area contributed by atoms with Gasteiger partial charge < -0.3 is 10.2 Å². The van der Waals surface area contributed by atoms with E-state index in [2.05, 4.69) is 26.5 Å². The van der Waals surface area contributed by atoms with Crippen LogP contribution in [0, 0.1) is 17.2 Å². The fraction of sp³-hybridized carbons (Fsp3) is 0.286. The van der Waals surface area contributed by atoms with Crippen LogP contribution >= 0.6 is 24.0 Å². The predicted octanol–water partition coefficient (Wildman–Crippen LogP) is 4.46. The summed E-state index contributed by atoms with van der Waals surface area (Å²) in [6.45, 7) is 0. The molecule has 0 unspecified atom stereocenters. The van der Waals surface area contributed by atoms with Crippen molar-refractivity contribution < 1.29 is 4.79 Å². The lowest BCUT2D eigenvalue weighted by atomic mass is 9.79.